The molecule has 3 rings (SSSR count). The topological polar surface area (TPSA) is 49.4 Å². The van der Waals surface area contributed by atoms with Crippen molar-refractivity contribution in [1.29, 1.82) is 0 Å². The number of nitrogens with zero attached hydrogens (tertiary/aromatic N) is 1. The van der Waals surface area contributed by atoms with Gasteiger partial charge in [0.1, 0.15) is 11.6 Å². The number of thiophene rings is 1. The van der Waals surface area contributed by atoms with Gasteiger partial charge in [0.25, 0.3) is 0 Å². The number of sulfonamides is 1. The highest BCUT2D eigenvalue weighted by Gasteiger charge is 2.26. The number of halogens is 2. The van der Waals surface area contributed by atoms with E-state index in [1.54, 1.807) is 11.3 Å². The minimum atomic E-state index is -4.19. The summed E-state index contributed by atoms with van der Waals surface area (Å²) in [6.07, 6.45) is 1.71. The molecule has 1 aromatic heterocycles. The molecule has 2 heterocycles. The standard InChI is InChI=1S/C17H20F2N2O2S2/c18-15-2-1-3-16(19)17(15)25(22,23)20-10-13-4-7-21(8-5-13)11-14-6-9-24-12-14/h1-3,6,9,12-13,20H,4-5,7-8,10-11H2. The number of hydrogen-bond acceptors (Lipinski definition) is 4. The Morgan fingerprint density at radius 2 is 1.84 bits per heavy atom. The zero-order valence-corrected chi connectivity index (χ0v) is 15.3. The van der Waals surface area contributed by atoms with Gasteiger partial charge in [0.2, 0.25) is 10.0 Å². The van der Waals surface area contributed by atoms with E-state index in [1.165, 1.54) is 5.56 Å². The average Bonchev–Trinajstić information content (AvgIpc) is 3.07. The minimum absolute atomic E-state index is 0.170. The summed E-state index contributed by atoms with van der Waals surface area (Å²) >= 11 is 1.68. The van der Waals surface area contributed by atoms with Crippen LogP contribution in [0.15, 0.2) is 39.9 Å². The van der Waals surface area contributed by atoms with Crippen LogP contribution in [0.2, 0.25) is 0 Å². The second-order valence-electron chi connectivity index (χ2n) is 6.25. The smallest absolute Gasteiger partial charge is 0.246 e. The van der Waals surface area contributed by atoms with Crippen molar-refractivity contribution in [1.82, 2.24) is 9.62 Å². The van der Waals surface area contributed by atoms with Crippen LogP contribution in [-0.4, -0.2) is 33.0 Å². The van der Waals surface area contributed by atoms with Crippen molar-refractivity contribution in [2.45, 2.75) is 24.3 Å². The molecule has 8 heteroatoms. The molecule has 1 fully saturated rings. The first-order chi connectivity index (χ1) is 12.0. The van der Waals surface area contributed by atoms with Gasteiger partial charge in [-0.05, 0) is 66.4 Å². The molecule has 1 N–H and O–H groups in total. The van der Waals surface area contributed by atoms with Gasteiger partial charge in [-0.15, -0.1) is 0 Å². The third-order valence-electron chi connectivity index (χ3n) is 4.44. The summed E-state index contributed by atoms with van der Waals surface area (Å²) in [6, 6.07) is 5.14. The number of nitrogens with one attached hydrogen (secondary N) is 1. The molecule has 1 aliphatic heterocycles. The van der Waals surface area contributed by atoms with E-state index in [2.05, 4.69) is 26.4 Å². The zero-order valence-electron chi connectivity index (χ0n) is 13.6. The Kier molecular flexibility index (Phi) is 5.83. The van der Waals surface area contributed by atoms with Crippen molar-refractivity contribution >= 4 is 21.4 Å². The predicted octanol–water partition coefficient (Wildman–Crippen LogP) is 3.22. The van der Waals surface area contributed by atoms with E-state index in [0.29, 0.717) is 0 Å². The molecule has 0 amide bonds. The summed E-state index contributed by atoms with van der Waals surface area (Å²) in [5.74, 6) is -1.97. The van der Waals surface area contributed by atoms with Gasteiger partial charge >= 0.3 is 0 Å². The van der Waals surface area contributed by atoms with Crippen molar-refractivity contribution in [2.24, 2.45) is 5.92 Å². The summed E-state index contributed by atoms with van der Waals surface area (Å²) in [6.45, 7) is 2.87. The van der Waals surface area contributed by atoms with Crippen molar-refractivity contribution in [3.8, 4) is 0 Å². The summed E-state index contributed by atoms with van der Waals surface area (Å²) in [5.41, 5.74) is 1.29. The Hall–Kier alpha value is -1.35. The van der Waals surface area contributed by atoms with E-state index in [-0.39, 0.29) is 12.5 Å². The Labute approximate surface area is 150 Å². The lowest BCUT2D eigenvalue weighted by Crippen LogP contribution is -2.38. The quantitative estimate of drug-likeness (QED) is 0.829. The SMILES string of the molecule is O=S(=O)(NCC1CCN(Cc2ccsc2)CC1)c1c(F)cccc1F. The molecule has 0 spiro atoms. The highest BCUT2D eigenvalue weighted by atomic mass is 32.2. The Morgan fingerprint density at radius 1 is 1.16 bits per heavy atom. The van der Waals surface area contributed by atoms with Crippen molar-refractivity contribution < 1.29 is 17.2 Å². The lowest BCUT2D eigenvalue weighted by Gasteiger charge is -2.31. The normalized spacial score (nSPS) is 17.0. The van der Waals surface area contributed by atoms with Gasteiger partial charge in [-0.3, -0.25) is 4.90 Å². The van der Waals surface area contributed by atoms with E-state index in [1.807, 2.05) is 0 Å². The van der Waals surface area contributed by atoms with Crippen LogP contribution in [0, 0.1) is 17.6 Å². The molecule has 2 aromatic rings. The van der Waals surface area contributed by atoms with Gasteiger partial charge in [0.15, 0.2) is 4.90 Å². The van der Waals surface area contributed by atoms with Crippen LogP contribution < -0.4 is 4.72 Å². The first-order valence-corrected chi connectivity index (χ1v) is 10.6. The van der Waals surface area contributed by atoms with Crippen LogP contribution in [0.3, 0.4) is 0 Å². The fourth-order valence-corrected chi connectivity index (χ4v) is 4.94. The molecule has 4 nitrogen and oxygen atoms in total. The average molecular weight is 386 g/mol. The molecular formula is C17H20F2N2O2S2. The molecular weight excluding hydrogens is 366 g/mol. The van der Waals surface area contributed by atoms with Gasteiger partial charge in [-0.2, -0.15) is 11.3 Å². The second kappa shape index (κ2) is 7.90. The van der Waals surface area contributed by atoms with Gasteiger partial charge < -0.3 is 0 Å². The predicted molar refractivity (Wildman–Crippen MR) is 93.9 cm³/mol. The van der Waals surface area contributed by atoms with Gasteiger partial charge in [0, 0.05) is 13.1 Å². The Bertz CT molecular complexity index is 782. The van der Waals surface area contributed by atoms with E-state index < -0.39 is 26.6 Å². The molecule has 0 saturated carbocycles. The van der Waals surface area contributed by atoms with Crippen molar-refractivity contribution in [2.75, 3.05) is 19.6 Å². The molecule has 1 saturated heterocycles. The van der Waals surface area contributed by atoms with Crippen LogP contribution in [0.4, 0.5) is 8.78 Å². The highest BCUT2D eigenvalue weighted by Crippen LogP contribution is 2.21. The van der Waals surface area contributed by atoms with E-state index in [4.69, 9.17) is 0 Å². The number of likely N-dealkylation sites (tertiary alicyclic amines) is 1. The summed E-state index contributed by atoms with van der Waals surface area (Å²) in [4.78, 5) is 1.44. The maximum Gasteiger partial charge on any atom is 0.246 e. The molecule has 0 bridgehead atoms. The van der Waals surface area contributed by atoms with Gasteiger partial charge in [0.05, 0.1) is 0 Å². The molecule has 0 unspecified atom stereocenters. The summed E-state index contributed by atoms with van der Waals surface area (Å²) in [5, 5.41) is 4.18. The highest BCUT2D eigenvalue weighted by molar-refractivity contribution is 7.89. The molecule has 0 atom stereocenters. The zero-order chi connectivity index (χ0) is 17.9. The molecule has 1 aliphatic rings. The second-order valence-corrected chi connectivity index (χ2v) is 8.74. The monoisotopic (exact) mass is 386 g/mol. The largest absolute Gasteiger partial charge is 0.299 e. The lowest BCUT2D eigenvalue weighted by atomic mass is 9.97. The van der Waals surface area contributed by atoms with Crippen LogP contribution in [0.1, 0.15) is 18.4 Å². The third kappa shape index (κ3) is 4.63. The number of hydrogen-bond donors (Lipinski definition) is 1. The molecule has 136 valence electrons. The Balaban J connectivity index is 1.52. The molecule has 25 heavy (non-hydrogen) atoms. The molecule has 0 aliphatic carbocycles. The van der Waals surface area contributed by atoms with Crippen LogP contribution in [0.5, 0.6) is 0 Å². The van der Waals surface area contributed by atoms with Gasteiger partial charge in [-0.25, -0.2) is 21.9 Å². The Morgan fingerprint density at radius 3 is 2.44 bits per heavy atom. The van der Waals surface area contributed by atoms with E-state index in [0.717, 1.165) is 50.7 Å². The lowest BCUT2D eigenvalue weighted by molar-refractivity contribution is 0.178. The maximum atomic E-state index is 13.7. The number of piperidine rings is 1. The first-order valence-electron chi connectivity index (χ1n) is 8.13. The minimum Gasteiger partial charge on any atom is -0.299 e. The van der Waals surface area contributed by atoms with Crippen LogP contribution >= 0.6 is 11.3 Å². The molecule has 0 radical (unpaired) electrons. The summed E-state index contributed by atoms with van der Waals surface area (Å²) < 4.78 is 54.1. The van der Waals surface area contributed by atoms with Crippen LogP contribution in [0.25, 0.3) is 0 Å². The number of rotatable bonds is 6. The van der Waals surface area contributed by atoms with Crippen molar-refractivity contribution in [3.05, 3.63) is 52.2 Å². The van der Waals surface area contributed by atoms with Gasteiger partial charge in [-0.1, -0.05) is 6.07 Å². The summed E-state index contributed by atoms with van der Waals surface area (Å²) in [7, 11) is -4.19. The van der Waals surface area contributed by atoms with Crippen LogP contribution in [-0.2, 0) is 16.6 Å². The molecule has 1 aromatic carbocycles. The third-order valence-corrected chi connectivity index (χ3v) is 6.65. The van der Waals surface area contributed by atoms with E-state index >= 15 is 0 Å². The van der Waals surface area contributed by atoms with E-state index in [9.17, 15) is 17.2 Å². The fourth-order valence-electron chi connectivity index (χ4n) is 3.03. The maximum absolute atomic E-state index is 13.7. The fraction of sp³-hybridized carbons (Fsp3) is 0.412. The van der Waals surface area contributed by atoms with Crippen molar-refractivity contribution in [3.63, 3.8) is 0 Å². The first kappa shape index (κ1) is 18.4. The number of benzene rings is 1.